The first-order chi connectivity index (χ1) is 7.70. The van der Waals surface area contributed by atoms with Crippen LogP contribution in [0, 0.1) is 11.8 Å². The Morgan fingerprint density at radius 1 is 1.31 bits per heavy atom. The highest BCUT2D eigenvalue weighted by atomic mass is 16.5. The van der Waals surface area contributed by atoms with Gasteiger partial charge in [0.15, 0.2) is 0 Å². The van der Waals surface area contributed by atoms with Gasteiger partial charge in [-0.2, -0.15) is 0 Å². The molecule has 4 atom stereocenters. The zero-order valence-electron chi connectivity index (χ0n) is 10.9. The molecule has 2 aliphatic rings. The van der Waals surface area contributed by atoms with Crippen LogP contribution in [0.5, 0.6) is 0 Å². The van der Waals surface area contributed by atoms with Gasteiger partial charge in [0.1, 0.15) is 0 Å². The molecule has 0 aromatic carbocycles. The maximum absolute atomic E-state index is 5.75. The molecule has 2 saturated heterocycles. The van der Waals surface area contributed by atoms with Gasteiger partial charge in [0.25, 0.3) is 0 Å². The van der Waals surface area contributed by atoms with Crippen LogP contribution in [0.1, 0.15) is 27.2 Å². The highest BCUT2D eigenvalue weighted by molar-refractivity contribution is 4.85. The Kier molecular flexibility index (Phi) is 4.22. The Bertz CT molecular complexity index is 222. The third-order valence-corrected chi connectivity index (χ3v) is 4.20. The van der Waals surface area contributed by atoms with E-state index < -0.39 is 0 Å². The molecule has 16 heavy (non-hydrogen) atoms. The van der Waals surface area contributed by atoms with Crippen LogP contribution in [0.15, 0.2) is 0 Å². The second kappa shape index (κ2) is 5.48. The van der Waals surface area contributed by atoms with Gasteiger partial charge < -0.3 is 10.1 Å². The molecule has 0 aromatic rings. The van der Waals surface area contributed by atoms with E-state index in [1.165, 1.54) is 26.1 Å². The molecule has 2 heterocycles. The Labute approximate surface area is 99.5 Å². The van der Waals surface area contributed by atoms with Crippen molar-refractivity contribution in [1.82, 2.24) is 10.2 Å². The highest BCUT2D eigenvalue weighted by Crippen LogP contribution is 2.21. The minimum absolute atomic E-state index is 0.410. The van der Waals surface area contributed by atoms with E-state index in [0.29, 0.717) is 12.1 Å². The van der Waals surface area contributed by atoms with E-state index in [0.717, 1.165) is 25.0 Å². The van der Waals surface area contributed by atoms with Gasteiger partial charge in [-0.05, 0) is 38.3 Å². The molecule has 94 valence electrons. The fourth-order valence-electron chi connectivity index (χ4n) is 2.92. The number of rotatable bonds is 3. The smallest absolute Gasteiger partial charge is 0.0674 e. The molecule has 0 bridgehead atoms. The number of nitrogens with one attached hydrogen (secondary N) is 1. The van der Waals surface area contributed by atoms with Gasteiger partial charge in [0, 0.05) is 19.1 Å². The minimum Gasteiger partial charge on any atom is -0.376 e. The molecule has 0 aromatic heterocycles. The monoisotopic (exact) mass is 226 g/mol. The highest BCUT2D eigenvalue weighted by Gasteiger charge is 2.31. The van der Waals surface area contributed by atoms with Gasteiger partial charge in [0.05, 0.1) is 12.7 Å². The predicted molar refractivity (Wildman–Crippen MR) is 66.6 cm³/mol. The van der Waals surface area contributed by atoms with E-state index in [9.17, 15) is 0 Å². The van der Waals surface area contributed by atoms with Crippen molar-refractivity contribution in [2.75, 3.05) is 32.8 Å². The van der Waals surface area contributed by atoms with E-state index >= 15 is 0 Å². The number of nitrogens with zero attached hydrogens (tertiary/aromatic N) is 1. The van der Waals surface area contributed by atoms with Crippen LogP contribution in [0.3, 0.4) is 0 Å². The number of hydrogen-bond acceptors (Lipinski definition) is 3. The fraction of sp³-hybridized carbons (Fsp3) is 1.00. The van der Waals surface area contributed by atoms with Crippen LogP contribution in [-0.2, 0) is 4.74 Å². The summed E-state index contributed by atoms with van der Waals surface area (Å²) in [6, 6.07) is 0.643. The quantitative estimate of drug-likeness (QED) is 0.786. The van der Waals surface area contributed by atoms with Crippen molar-refractivity contribution < 1.29 is 4.74 Å². The molecule has 4 unspecified atom stereocenters. The van der Waals surface area contributed by atoms with Crippen LogP contribution >= 0.6 is 0 Å². The lowest BCUT2D eigenvalue weighted by atomic mass is 9.96. The van der Waals surface area contributed by atoms with Gasteiger partial charge in [-0.25, -0.2) is 0 Å². The average molecular weight is 226 g/mol. The molecule has 1 N–H and O–H groups in total. The minimum atomic E-state index is 0.410. The van der Waals surface area contributed by atoms with E-state index in [1.807, 2.05) is 0 Å². The van der Waals surface area contributed by atoms with Crippen LogP contribution in [0.2, 0.25) is 0 Å². The molecule has 3 heteroatoms. The second-order valence-corrected chi connectivity index (χ2v) is 5.56. The van der Waals surface area contributed by atoms with Crippen LogP contribution in [-0.4, -0.2) is 49.8 Å². The summed E-state index contributed by atoms with van der Waals surface area (Å²) in [5, 5.41) is 3.50. The Morgan fingerprint density at radius 3 is 2.75 bits per heavy atom. The maximum atomic E-state index is 5.75. The fourth-order valence-corrected chi connectivity index (χ4v) is 2.92. The summed E-state index contributed by atoms with van der Waals surface area (Å²) < 4.78 is 5.75. The molecule has 2 aliphatic heterocycles. The normalized spacial score (nSPS) is 41.4. The Balaban J connectivity index is 1.89. The third-order valence-electron chi connectivity index (χ3n) is 4.20. The van der Waals surface area contributed by atoms with Crippen molar-refractivity contribution in [3.63, 3.8) is 0 Å². The van der Waals surface area contributed by atoms with Crippen LogP contribution in [0.25, 0.3) is 0 Å². The number of ether oxygens (including phenoxy) is 1. The third kappa shape index (κ3) is 2.76. The molecule has 2 fully saturated rings. The summed E-state index contributed by atoms with van der Waals surface area (Å²) in [6.07, 6.45) is 1.62. The topological polar surface area (TPSA) is 24.5 Å². The lowest BCUT2D eigenvalue weighted by molar-refractivity contribution is -0.0612. The first kappa shape index (κ1) is 12.3. The van der Waals surface area contributed by atoms with Gasteiger partial charge in [-0.15, -0.1) is 0 Å². The molecule has 0 spiro atoms. The molecule has 0 radical (unpaired) electrons. The van der Waals surface area contributed by atoms with Crippen LogP contribution in [0.4, 0.5) is 0 Å². The van der Waals surface area contributed by atoms with E-state index in [1.54, 1.807) is 0 Å². The lowest BCUT2D eigenvalue weighted by Gasteiger charge is -2.40. The maximum Gasteiger partial charge on any atom is 0.0674 e. The van der Waals surface area contributed by atoms with Crippen LogP contribution < -0.4 is 5.32 Å². The van der Waals surface area contributed by atoms with Gasteiger partial charge in [-0.3, -0.25) is 4.90 Å². The van der Waals surface area contributed by atoms with Gasteiger partial charge in [-0.1, -0.05) is 13.8 Å². The summed E-state index contributed by atoms with van der Waals surface area (Å²) in [6.45, 7) is 12.5. The Hall–Kier alpha value is -0.120. The van der Waals surface area contributed by atoms with E-state index in [2.05, 4.69) is 31.0 Å². The second-order valence-electron chi connectivity index (χ2n) is 5.56. The molecule has 0 aliphatic carbocycles. The van der Waals surface area contributed by atoms with Crippen molar-refractivity contribution in [1.29, 1.82) is 0 Å². The van der Waals surface area contributed by atoms with Gasteiger partial charge in [0.2, 0.25) is 0 Å². The summed E-state index contributed by atoms with van der Waals surface area (Å²) in [4.78, 5) is 2.66. The molecular weight excluding hydrogens is 200 g/mol. The molecule has 3 nitrogen and oxygen atoms in total. The zero-order chi connectivity index (χ0) is 11.5. The van der Waals surface area contributed by atoms with Crippen molar-refractivity contribution in [3.05, 3.63) is 0 Å². The van der Waals surface area contributed by atoms with E-state index in [-0.39, 0.29) is 0 Å². The SMILES string of the molecule is CCC1COC(C)CN1CC1CNCC1C. The molecule has 0 amide bonds. The molecule has 0 saturated carbocycles. The van der Waals surface area contributed by atoms with Gasteiger partial charge >= 0.3 is 0 Å². The van der Waals surface area contributed by atoms with Crippen molar-refractivity contribution in [3.8, 4) is 0 Å². The molecule has 2 rings (SSSR count). The first-order valence-electron chi connectivity index (χ1n) is 6.77. The molecular formula is C13H26N2O. The van der Waals surface area contributed by atoms with Crippen molar-refractivity contribution in [2.45, 2.75) is 39.3 Å². The number of morpholine rings is 1. The largest absolute Gasteiger partial charge is 0.376 e. The zero-order valence-corrected chi connectivity index (χ0v) is 10.9. The average Bonchev–Trinajstić information content (AvgIpc) is 2.65. The summed E-state index contributed by atoms with van der Waals surface area (Å²) in [5.41, 5.74) is 0. The summed E-state index contributed by atoms with van der Waals surface area (Å²) >= 11 is 0. The lowest BCUT2D eigenvalue weighted by Crippen LogP contribution is -2.50. The number of hydrogen-bond donors (Lipinski definition) is 1. The first-order valence-corrected chi connectivity index (χ1v) is 6.77. The Morgan fingerprint density at radius 2 is 2.12 bits per heavy atom. The van der Waals surface area contributed by atoms with E-state index in [4.69, 9.17) is 4.74 Å². The summed E-state index contributed by atoms with van der Waals surface area (Å²) in [7, 11) is 0. The predicted octanol–water partition coefficient (Wildman–Crippen LogP) is 1.34. The summed E-state index contributed by atoms with van der Waals surface area (Å²) in [5.74, 6) is 1.66. The van der Waals surface area contributed by atoms with Crippen molar-refractivity contribution >= 4 is 0 Å². The standard InChI is InChI=1S/C13H26N2O/c1-4-13-9-16-11(3)7-15(13)8-12-6-14-5-10(12)2/h10-14H,4-9H2,1-3H3. The van der Waals surface area contributed by atoms with Crippen molar-refractivity contribution in [2.24, 2.45) is 11.8 Å².